The zero-order valence-corrected chi connectivity index (χ0v) is 20.6. The van der Waals surface area contributed by atoms with Gasteiger partial charge < -0.3 is 9.72 Å². The monoisotopic (exact) mass is 475 g/mol. The maximum Gasteiger partial charge on any atom is 0.340 e. The van der Waals surface area contributed by atoms with Gasteiger partial charge in [-0.15, -0.1) is 0 Å². The maximum absolute atomic E-state index is 13.0. The van der Waals surface area contributed by atoms with Gasteiger partial charge in [0, 0.05) is 31.9 Å². The Labute approximate surface area is 196 Å². The standard InChI is InChI=1S/C24H33N3O5S/c1-5-7-19-8-10-20(11-9-19)33(30,31)27-14-12-26(13-15-27)16-21(28)23-17(3)22(18(4)25-23)24(29)32-6-2/h8-11,25H,5-7,12-16H2,1-4H3. The van der Waals surface area contributed by atoms with Gasteiger partial charge in [0.2, 0.25) is 10.0 Å². The molecule has 1 aromatic heterocycles. The highest BCUT2D eigenvalue weighted by molar-refractivity contribution is 7.89. The van der Waals surface area contributed by atoms with Gasteiger partial charge in [0.1, 0.15) is 0 Å². The Bertz CT molecular complexity index is 1100. The Hall–Kier alpha value is -2.49. The van der Waals surface area contributed by atoms with Crippen molar-refractivity contribution >= 4 is 21.8 Å². The molecule has 2 heterocycles. The fourth-order valence-electron chi connectivity index (χ4n) is 4.21. The number of hydrogen-bond donors (Lipinski definition) is 1. The third-order valence-corrected chi connectivity index (χ3v) is 7.91. The number of sulfonamides is 1. The summed E-state index contributed by atoms with van der Waals surface area (Å²) in [5.41, 5.74) is 3.12. The Balaban J connectivity index is 1.62. The average molecular weight is 476 g/mol. The molecule has 0 saturated carbocycles. The van der Waals surface area contributed by atoms with Gasteiger partial charge in [-0.3, -0.25) is 9.69 Å². The molecule has 1 fully saturated rings. The van der Waals surface area contributed by atoms with Crippen LogP contribution in [0.15, 0.2) is 29.2 Å². The molecule has 2 aromatic rings. The molecule has 0 amide bonds. The number of rotatable bonds is 9. The van der Waals surface area contributed by atoms with E-state index < -0.39 is 16.0 Å². The van der Waals surface area contributed by atoms with Crippen LogP contribution in [0.5, 0.6) is 0 Å². The zero-order chi connectivity index (χ0) is 24.2. The summed E-state index contributed by atoms with van der Waals surface area (Å²) in [6.45, 7) is 9.30. The predicted molar refractivity (Wildman–Crippen MR) is 126 cm³/mol. The van der Waals surface area contributed by atoms with Crippen molar-refractivity contribution in [2.24, 2.45) is 0 Å². The van der Waals surface area contributed by atoms with Gasteiger partial charge in [0.25, 0.3) is 0 Å². The van der Waals surface area contributed by atoms with Crippen molar-refractivity contribution in [1.82, 2.24) is 14.2 Å². The summed E-state index contributed by atoms with van der Waals surface area (Å²) in [6, 6.07) is 7.09. The molecule has 33 heavy (non-hydrogen) atoms. The van der Waals surface area contributed by atoms with Gasteiger partial charge in [0.15, 0.2) is 5.78 Å². The molecule has 1 N–H and O–H groups in total. The first-order chi connectivity index (χ1) is 15.7. The first-order valence-corrected chi connectivity index (χ1v) is 12.8. The van der Waals surface area contributed by atoms with Crippen molar-refractivity contribution in [2.75, 3.05) is 39.3 Å². The van der Waals surface area contributed by atoms with Gasteiger partial charge in [-0.1, -0.05) is 25.5 Å². The molecule has 0 spiro atoms. The normalized spacial score (nSPS) is 15.5. The predicted octanol–water partition coefficient (Wildman–Crippen LogP) is 2.95. The van der Waals surface area contributed by atoms with Crippen molar-refractivity contribution in [3.63, 3.8) is 0 Å². The Kier molecular flexibility index (Phi) is 8.10. The molecule has 1 aromatic carbocycles. The average Bonchev–Trinajstić information content (AvgIpc) is 3.09. The van der Waals surface area contributed by atoms with Crippen LogP contribution in [0.4, 0.5) is 0 Å². The minimum Gasteiger partial charge on any atom is -0.462 e. The summed E-state index contributed by atoms with van der Waals surface area (Å²) in [6.07, 6.45) is 1.94. The number of aromatic amines is 1. The van der Waals surface area contributed by atoms with Crippen molar-refractivity contribution in [3.05, 3.63) is 52.3 Å². The van der Waals surface area contributed by atoms with E-state index in [1.54, 1.807) is 32.9 Å². The third kappa shape index (κ3) is 5.54. The molecular weight excluding hydrogens is 442 g/mol. The highest BCUT2D eigenvalue weighted by Crippen LogP contribution is 2.21. The van der Waals surface area contributed by atoms with Crippen molar-refractivity contribution in [1.29, 1.82) is 0 Å². The zero-order valence-electron chi connectivity index (χ0n) is 19.8. The summed E-state index contributed by atoms with van der Waals surface area (Å²) in [5.74, 6) is -0.571. The number of nitrogens with zero attached hydrogens (tertiary/aromatic N) is 2. The lowest BCUT2D eigenvalue weighted by atomic mass is 10.1. The number of nitrogens with one attached hydrogen (secondary N) is 1. The molecule has 0 bridgehead atoms. The van der Waals surface area contributed by atoms with Crippen LogP contribution in [0.1, 0.15) is 57.9 Å². The van der Waals surface area contributed by atoms with E-state index in [0.717, 1.165) is 18.4 Å². The SMILES string of the molecule is CCCc1ccc(S(=O)(=O)N2CCN(CC(=O)c3[nH]c(C)c(C(=O)OCC)c3C)CC2)cc1. The van der Waals surface area contributed by atoms with E-state index in [1.807, 2.05) is 17.0 Å². The molecule has 9 heteroatoms. The van der Waals surface area contributed by atoms with E-state index in [0.29, 0.717) is 53.6 Å². The van der Waals surface area contributed by atoms with Crippen LogP contribution in [0.25, 0.3) is 0 Å². The summed E-state index contributed by atoms with van der Waals surface area (Å²) in [7, 11) is -3.56. The van der Waals surface area contributed by atoms with E-state index in [4.69, 9.17) is 4.74 Å². The largest absolute Gasteiger partial charge is 0.462 e. The second-order valence-electron chi connectivity index (χ2n) is 8.34. The molecule has 1 aliphatic heterocycles. The summed E-state index contributed by atoms with van der Waals surface area (Å²) >= 11 is 0. The Morgan fingerprint density at radius 1 is 1.03 bits per heavy atom. The second-order valence-corrected chi connectivity index (χ2v) is 10.3. The highest BCUT2D eigenvalue weighted by Gasteiger charge is 2.30. The smallest absolute Gasteiger partial charge is 0.340 e. The number of Topliss-reactive ketones (excluding diaryl/α,β-unsaturated/α-hetero) is 1. The minimum absolute atomic E-state index is 0.131. The molecule has 0 unspecified atom stereocenters. The van der Waals surface area contributed by atoms with Gasteiger partial charge >= 0.3 is 5.97 Å². The maximum atomic E-state index is 13.0. The van der Waals surface area contributed by atoms with Crippen LogP contribution in [0.2, 0.25) is 0 Å². The van der Waals surface area contributed by atoms with Crippen molar-refractivity contribution < 1.29 is 22.7 Å². The number of ketones is 1. The number of carbonyl (C=O) groups excluding carboxylic acids is 2. The number of H-pyrrole nitrogens is 1. The van der Waals surface area contributed by atoms with Crippen molar-refractivity contribution in [3.8, 4) is 0 Å². The minimum atomic E-state index is -3.56. The summed E-state index contributed by atoms with van der Waals surface area (Å²) in [4.78, 5) is 30.4. The van der Waals surface area contributed by atoms with E-state index in [9.17, 15) is 18.0 Å². The lowest BCUT2D eigenvalue weighted by Gasteiger charge is -2.33. The number of ether oxygens (including phenoxy) is 1. The Morgan fingerprint density at radius 2 is 1.67 bits per heavy atom. The Morgan fingerprint density at radius 3 is 2.24 bits per heavy atom. The van der Waals surface area contributed by atoms with Crippen LogP contribution in [-0.2, 0) is 21.2 Å². The lowest BCUT2D eigenvalue weighted by Crippen LogP contribution is -2.49. The number of aromatic nitrogens is 1. The van der Waals surface area contributed by atoms with Gasteiger partial charge in [-0.25, -0.2) is 13.2 Å². The number of benzene rings is 1. The number of carbonyl (C=O) groups is 2. The topological polar surface area (TPSA) is 99.8 Å². The molecule has 0 radical (unpaired) electrons. The third-order valence-electron chi connectivity index (χ3n) is 5.99. The molecule has 0 aliphatic carbocycles. The van der Waals surface area contributed by atoms with Crippen LogP contribution in [-0.4, -0.2) is 73.7 Å². The van der Waals surface area contributed by atoms with Gasteiger partial charge in [-0.2, -0.15) is 4.31 Å². The molecule has 3 rings (SSSR count). The number of aryl methyl sites for hydroxylation is 2. The van der Waals surface area contributed by atoms with Crippen LogP contribution >= 0.6 is 0 Å². The highest BCUT2D eigenvalue weighted by atomic mass is 32.2. The molecule has 0 atom stereocenters. The molecule has 1 aliphatic rings. The second kappa shape index (κ2) is 10.6. The molecule has 1 saturated heterocycles. The van der Waals surface area contributed by atoms with Crippen LogP contribution in [0.3, 0.4) is 0 Å². The summed E-state index contributed by atoms with van der Waals surface area (Å²) < 4.78 is 32.6. The number of esters is 1. The quantitative estimate of drug-likeness (QED) is 0.442. The van der Waals surface area contributed by atoms with E-state index in [2.05, 4.69) is 11.9 Å². The van der Waals surface area contributed by atoms with Crippen LogP contribution < -0.4 is 0 Å². The van der Waals surface area contributed by atoms with Gasteiger partial charge in [0.05, 0.1) is 29.3 Å². The van der Waals surface area contributed by atoms with E-state index in [1.165, 1.54) is 4.31 Å². The molecule has 8 nitrogen and oxygen atoms in total. The van der Waals surface area contributed by atoms with Crippen molar-refractivity contribution in [2.45, 2.75) is 45.4 Å². The lowest BCUT2D eigenvalue weighted by molar-refractivity contribution is 0.0525. The first kappa shape index (κ1) is 25.1. The molecule has 180 valence electrons. The molecular formula is C24H33N3O5S. The number of hydrogen-bond acceptors (Lipinski definition) is 6. The van der Waals surface area contributed by atoms with E-state index >= 15 is 0 Å². The fourth-order valence-corrected chi connectivity index (χ4v) is 5.64. The van der Waals surface area contributed by atoms with Crippen LogP contribution in [0, 0.1) is 13.8 Å². The fraction of sp³-hybridized carbons (Fsp3) is 0.500. The first-order valence-electron chi connectivity index (χ1n) is 11.4. The number of piperazine rings is 1. The summed E-state index contributed by atoms with van der Waals surface area (Å²) in [5, 5.41) is 0. The van der Waals surface area contributed by atoms with E-state index in [-0.39, 0.29) is 18.9 Å². The van der Waals surface area contributed by atoms with Gasteiger partial charge in [-0.05, 0) is 50.5 Å².